The minimum atomic E-state index is -0.332. The lowest BCUT2D eigenvalue weighted by Gasteiger charge is -2.10. The van der Waals surface area contributed by atoms with E-state index in [2.05, 4.69) is 20.6 Å². The van der Waals surface area contributed by atoms with E-state index in [1.165, 1.54) is 0 Å². The summed E-state index contributed by atoms with van der Waals surface area (Å²) in [5.74, 6) is 0.832. The number of hydrogen-bond acceptors (Lipinski definition) is 6. The quantitative estimate of drug-likeness (QED) is 0.402. The van der Waals surface area contributed by atoms with Crippen LogP contribution in [-0.2, 0) is 6.61 Å². The number of rotatable bonds is 7. The van der Waals surface area contributed by atoms with Gasteiger partial charge in [0.25, 0.3) is 5.91 Å². The molecule has 3 heterocycles. The molecule has 0 spiro atoms. The number of benzene rings is 2. The van der Waals surface area contributed by atoms with Crippen molar-refractivity contribution < 1.29 is 14.1 Å². The van der Waals surface area contributed by atoms with Crippen LogP contribution in [0.15, 0.2) is 90.0 Å². The maximum Gasteiger partial charge on any atom is 0.273 e. The molecule has 0 aliphatic heterocycles. The first-order chi connectivity index (χ1) is 16.2. The fourth-order valence-electron chi connectivity index (χ4n) is 3.49. The molecule has 0 bridgehead atoms. The lowest BCUT2D eigenvalue weighted by Crippen LogP contribution is -2.26. The highest BCUT2D eigenvalue weighted by Crippen LogP contribution is 2.25. The molecule has 5 rings (SSSR count). The number of carbonyl (C=O) groups excluding carboxylic acids is 1. The molecule has 1 amide bonds. The second kappa shape index (κ2) is 8.96. The molecule has 1 atom stereocenters. The second-order valence-corrected chi connectivity index (χ2v) is 7.57. The predicted octanol–water partition coefficient (Wildman–Crippen LogP) is 4.48. The number of aromatic nitrogens is 4. The van der Waals surface area contributed by atoms with Gasteiger partial charge in [-0.1, -0.05) is 35.5 Å². The lowest BCUT2D eigenvalue weighted by molar-refractivity contribution is 0.0930. The van der Waals surface area contributed by atoms with E-state index in [4.69, 9.17) is 9.26 Å². The van der Waals surface area contributed by atoms with E-state index in [0.29, 0.717) is 11.5 Å². The zero-order valence-corrected chi connectivity index (χ0v) is 17.9. The van der Waals surface area contributed by atoms with Gasteiger partial charge >= 0.3 is 0 Å². The van der Waals surface area contributed by atoms with Crippen LogP contribution in [0, 0.1) is 0 Å². The van der Waals surface area contributed by atoms with E-state index in [0.717, 1.165) is 22.0 Å². The van der Waals surface area contributed by atoms with Crippen molar-refractivity contribution in [1.29, 1.82) is 0 Å². The normalized spacial score (nSPS) is 11.9. The van der Waals surface area contributed by atoms with Crippen molar-refractivity contribution in [3.8, 4) is 11.4 Å². The standard InChI is InChI=1S/C25H21N5O3/c1-17(19-14-27-30(15-19)20-7-3-2-4-8-20)28-25(31)23-12-21(33-29-23)16-32-24-9-5-6-18-13-26-11-10-22(18)24/h2-15,17H,16H2,1H3,(H,28,31). The van der Waals surface area contributed by atoms with Gasteiger partial charge in [0.1, 0.15) is 12.4 Å². The molecule has 0 radical (unpaired) electrons. The van der Waals surface area contributed by atoms with E-state index in [1.807, 2.05) is 67.7 Å². The number of pyridine rings is 1. The summed E-state index contributed by atoms with van der Waals surface area (Å²) in [5, 5.41) is 13.1. The molecule has 1 N–H and O–H groups in total. The van der Waals surface area contributed by atoms with Gasteiger partial charge in [-0.15, -0.1) is 0 Å². The Labute approximate surface area is 189 Å². The summed E-state index contributed by atoms with van der Waals surface area (Å²) in [6.07, 6.45) is 7.13. The molecule has 1 unspecified atom stereocenters. The monoisotopic (exact) mass is 439 g/mol. The summed E-state index contributed by atoms with van der Waals surface area (Å²) in [6.45, 7) is 2.05. The molecule has 0 saturated carbocycles. The minimum Gasteiger partial charge on any atom is -0.485 e. The third-order valence-electron chi connectivity index (χ3n) is 5.27. The Morgan fingerprint density at radius 2 is 2.00 bits per heavy atom. The van der Waals surface area contributed by atoms with Crippen LogP contribution < -0.4 is 10.1 Å². The molecule has 2 aromatic carbocycles. The molecular formula is C25H21N5O3. The van der Waals surface area contributed by atoms with Gasteiger partial charge in [-0.25, -0.2) is 4.68 Å². The Balaban J connectivity index is 1.22. The highest BCUT2D eigenvalue weighted by atomic mass is 16.5. The van der Waals surface area contributed by atoms with Gasteiger partial charge in [0.05, 0.1) is 17.9 Å². The van der Waals surface area contributed by atoms with Crippen LogP contribution in [0.3, 0.4) is 0 Å². The fraction of sp³-hybridized carbons (Fsp3) is 0.120. The Morgan fingerprint density at radius 1 is 1.12 bits per heavy atom. The molecule has 164 valence electrons. The van der Waals surface area contributed by atoms with E-state index in [1.54, 1.807) is 29.3 Å². The van der Waals surface area contributed by atoms with Crippen LogP contribution in [0.1, 0.15) is 34.8 Å². The third-order valence-corrected chi connectivity index (χ3v) is 5.27. The van der Waals surface area contributed by atoms with Gasteiger partial charge in [0.2, 0.25) is 0 Å². The van der Waals surface area contributed by atoms with E-state index in [-0.39, 0.29) is 24.2 Å². The number of nitrogens with one attached hydrogen (secondary N) is 1. The highest BCUT2D eigenvalue weighted by molar-refractivity contribution is 5.92. The molecule has 33 heavy (non-hydrogen) atoms. The summed E-state index contributed by atoms with van der Waals surface area (Å²) in [6, 6.07) is 18.8. The number of ether oxygens (including phenoxy) is 1. The number of carbonyl (C=O) groups is 1. The summed E-state index contributed by atoms with van der Waals surface area (Å²) < 4.78 is 13.0. The molecule has 0 aliphatic carbocycles. The van der Waals surface area contributed by atoms with Crippen LogP contribution in [0.4, 0.5) is 0 Å². The number of para-hydroxylation sites is 1. The van der Waals surface area contributed by atoms with Gasteiger partial charge in [0.15, 0.2) is 11.5 Å². The Bertz CT molecular complexity index is 1390. The van der Waals surface area contributed by atoms with Gasteiger partial charge in [-0.3, -0.25) is 9.78 Å². The van der Waals surface area contributed by atoms with Crippen molar-refractivity contribution in [2.75, 3.05) is 0 Å². The first-order valence-electron chi connectivity index (χ1n) is 10.5. The highest BCUT2D eigenvalue weighted by Gasteiger charge is 2.17. The van der Waals surface area contributed by atoms with Crippen molar-refractivity contribution in [2.45, 2.75) is 19.6 Å². The number of fused-ring (bicyclic) bond motifs is 1. The maximum atomic E-state index is 12.7. The zero-order chi connectivity index (χ0) is 22.6. The molecule has 8 heteroatoms. The van der Waals surface area contributed by atoms with Gasteiger partial charge < -0.3 is 14.6 Å². The van der Waals surface area contributed by atoms with Crippen molar-refractivity contribution in [3.05, 3.63) is 102 Å². The van der Waals surface area contributed by atoms with Crippen LogP contribution in [-0.4, -0.2) is 25.8 Å². The summed E-state index contributed by atoms with van der Waals surface area (Å²) in [5.41, 5.74) is 2.02. The second-order valence-electron chi connectivity index (χ2n) is 7.57. The maximum absolute atomic E-state index is 12.7. The largest absolute Gasteiger partial charge is 0.485 e. The van der Waals surface area contributed by atoms with Crippen LogP contribution in [0.5, 0.6) is 5.75 Å². The van der Waals surface area contributed by atoms with E-state index < -0.39 is 0 Å². The van der Waals surface area contributed by atoms with Crippen molar-refractivity contribution in [2.24, 2.45) is 0 Å². The van der Waals surface area contributed by atoms with E-state index >= 15 is 0 Å². The number of amides is 1. The first kappa shape index (κ1) is 20.4. The average Bonchev–Trinajstić information content (AvgIpc) is 3.54. The smallest absolute Gasteiger partial charge is 0.273 e. The van der Waals surface area contributed by atoms with Crippen LogP contribution in [0.2, 0.25) is 0 Å². The Hall–Kier alpha value is -4.46. The van der Waals surface area contributed by atoms with Crippen molar-refractivity contribution in [1.82, 2.24) is 25.2 Å². The molecule has 8 nitrogen and oxygen atoms in total. The van der Waals surface area contributed by atoms with Gasteiger partial charge in [-0.05, 0) is 31.2 Å². The third kappa shape index (κ3) is 4.45. The molecule has 5 aromatic rings. The predicted molar refractivity (Wildman–Crippen MR) is 122 cm³/mol. The summed E-state index contributed by atoms with van der Waals surface area (Å²) in [7, 11) is 0. The van der Waals surface area contributed by atoms with Gasteiger partial charge in [0, 0.05) is 41.0 Å². The number of nitrogens with zero attached hydrogens (tertiary/aromatic N) is 4. The first-order valence-corrected chi connectivity index (χ1v) is 10.5. The zero-order valence-electron chi connectivity index (χ0n) is 17.9. The average molecular weight is 439 g/mol. The number of hydrogen-bond donors (Lipinski definition) is 1. The Kier molecular flexibility index (Phi) is 5.55. The molecule has 0 fully saturated rings. The minimum absolute atomic E-state index is 0.154. The SMILES string of the molecule is CC(NC(=O)c1cc(COc2cccc3cnccc23)on1)c1cnn(-c2ccccc2)c1. The molecule has 0 aliphatic rings. The van der Waals surface area contributed by atoms with Crippen molar-refractivity contribution >= 4 is 16.7 Å². The Morgan fingerprint density at radius 3 is 2.88 bits per heavy atom. The van der Waals surface area contributed by atoms with Crippen LogP contribution in [0.25, 0.3) is 16.5 Å². The molecular weight excluding hydrogens is 418 g/mol. The fourth-order valence-corrected chi connectivity index (χ4v) is 3.49. The van der Waals surface area contributed by atoms with Crippen LogP contribution >= 0.6 is 0 Å². The topological polar surface area (TPSA) is 95.1 Å². The van der Waals surface area contributed by atoms with Crippen molar-refractivity contribution in [3.63, 3.8) is 0 Å². The lowest BCUT2D eigenvalue weighted by atomic mass is 10.1. The molecule has 0 saturated heterocycles. The summed E-state index contributed by atoms with van der Waals surface area (Å²) >= 11 is 0. The van der Waals surface area contributed by atoms with Gasteiger partial charge in [-0.2, -0.15) is 5.10 Å². The summed E-state index contributed by atoms with van der Waals surface area (Å²) in [4.78, 5) is 16.8. The van der Waals surface area contributed by atoms with E-state index in [9.17, 15) is 4.79 Å². The molecule has 3 aromatic heterocycles.